The summed E-state index contributed by atoms with van der Waals surface area (Å²) in [7, 11) is 1.60. The van der Waals surface area contributed by atoms with Crippen LogP contribution in [0.4, 0.5) is 4.79 Å². The van der Waals surface area contributed by atoms with Crippen molar-refractivity contribution in [3.63, 3.8) is 0 Å². The molecule has 1 saturated carbocycles. The van der Waals surface area contributed by atoms with Crippen LogP contribution in [0.3, 0.4) is 0 Å². The number of carbonyl (C=O) groups is 3. The van der Waals surface area contributed by atoms with Crippen LogP contribution in [0.1, 0.15) is 43.9 Å². The second kappa shape index (κ2) is 11.4. The Balaban J connectivity index is 1.44. The smallest absolute Gasteiger partial charge is 0.338 e. The van der Waals surface area contributed by atoms with E-state index in [0.29, 0.717) is 34.2 Å². The minimum absolute atomic E-state index is 0.0965. The van der Waals surface area contributed by atoms with Crippen molar-refractivity contribution >= 4 is 40.9 Å². The van der Waals surface area contributed by atoms with Gasteiger partial charge in [-0.2, -0.15) is 5.10 Å². The molecule has 5 rings (SSSR count). The predicted octanol–water partition coefficient (Wildman–Crippen LogP) is 3.22. The van der Waals surface area contributed by atoms with Crippen LogP contribution in [-0.4, -0.2) is 63.3 Å². The Hall–Kier alpha value is -4.06. The summed E-state index contributed by atoms with van der Waals surface area (Å²) in [5.74, 6) is 0.253. The number of ether oxygens (including phenoxy) is 2. The highest BCUT2D eigenvalue weighted by atomic mass is 32.2. The second-order valence-electron chi connectivity index (χ2n) is 9.17. The summed E-state index contributed by atoms with van der Waals surface area (Å²) in [4.78, 5) is 45.4. The van der Waals surface area contributed by atoms with Crippen LogP contribution in [0.15, 0.2) is 58.6 Å². The number of hydrogen-bond donors (Lipinski definition) is 2. The third-order valence-corrected chi connectivity index (χ3v) is 7.48. The second-order valence-corrected chi connectivity index (χ2v) is 10.1. The zero-order valence-electron chi connectivity index (χ0n) is 22.0. The van der Waals surface area contributed by atoms with Gasteiger partial charge in [0.15, 0.2) is 5.17 Å². The van der Waals surface area contributed by atoms with E-state index < -0.39 is 18.0 Å². The van der Waals surface area contributed by atoms with Gasteiger partial charge >= 0.3 is 12.0 Å². The number of benzene rings is 1. The molecule has 204 valence electrons. The highest BCUT2D eigenvalue weighted by Gasteiger charge is 2.42. The van der Waals surface area contributed by atoms with Gasteiger partial charge in [0.2, 0.25) is 0 Å². The molecule has 2 aliphatic heterocycles. The third-order valence-electron chi connectivity index (χ3n) is 6.50. The Morgan fingerprint density at radius 3 is 2.62 bits per heavy atom. The number of aromatic nitrogens is 2. The number of methoxy groups -OCH3 is 1. The molecule has 1 fully saturated rings. The number of thioether (sulfide) groups is 1. The van der Waals surface area contributed by atoms with E-state index in [1.54, 1.807) is 42.1 Å². The summed E-state index contributed by atoms with van der Waals surface area (Å²) < 4.78 is 12.3. The van der Waals surface area contributed by atoms with E-state index >= 15 is 0 Å². The number of esters is 1. The van der Waals surface area contributed by atoms with E-state index in [0.717, 1.165) is 24.2 Å². The zero-order valence-corrected chi connectivity index (χ0v) is 22.8. The van der Waals surface area contributed by atoms with Crippen molar-refractivity contribution in [2.45, 2.75) is 45.3 Å². The van der Waals surface area contributed by atoms with Gasteiger partial charge in [-0.05, 0) is 50.5 Å². The lowest BCUT2D eigenvalue weighted by molar-refractivity contribution is -0.139. The minimum Gasteiger partial charge on any atom is -0.497 e. The molecule has 0 bridgehead atoms. The SMILES string of the molecule is CCOC(=O)C1=C(CSC2=N/C(=C/c3ccc(OC)cc3)C(=O)N2C2CC2)NC(=O)NC1c1cnn(CC)c1. The van der Waals surface area contributed by atoms with E-state index in [1.165, 1.54) is 11.8 Å². The average molecular weight is 551 g/mol. The lowest BCUT2D eigenvalue weighted by Gasteiger charge is -2.28. The maximum absolute atomic E-state index is 13.3. The number of nitrogens with one attached hydrogen (secondary N) is 2. The highest BCUT2D eigenvalue weighted by molar-refractivity contribution is 8.14. The topological polar surface area (TPSA) is 127 Å². The Bertz CT molecular complexity index is 1380. The molecule has 0 radical (unpaired) electrons. The normalized spacial score (nSPS) is 20.2. The number of nitrogens with zero attached hydrogens (tertiary/aromatic N) is 4. The molecule has 2 aromatic rings. The van der Waals surface area contributed by atoms with Crippen molar-refractivity contribution < 1.29 is 23.9 Å². The van der Waals surface area contributed by atoms with Crippen molar-refractivity contribution in [2.24, 2.45) is 4.99 Å². The van der Waals surface area contributed by atoms with Crippen LogP contribution >= 0.6 is 11.8 Å². The Labute approximate surface area is 230 Å². The number of rotatable bonds is 9. The van der Waals surface area contributed by atoms with Crippen molar-refractivity contribution in [1.82, 2.24) is 25.3 Å². The highest BCUT2D eigenvalue weighted by Crippen LogP contribution is 2.37. The molecule has 2 N–H and O–H groups in total. The molecular formula is C27H30N6O5S. The molecule has 1 aromatic carbocycles. The van der Waals surface area contributed by atoms with E-state index in [-0.39, 0.29) is 24.3 Å². The maximum atomic E-state index is 13.3. The predicted molar refractivity (Wildman–Crippen MR) is 147 cm³/mol. The van der Waals surface area contributed by atoms with Crippen LogP contribution in [0.2, 0.25) is 0 Å². The fraction of sp³-hybridized carbons (Fsp3) is 0.370. The first-order chi connectivity index (χ1) is 18.9. The minimum atomic E-state index is -0.717. The standard InChI is InChI=1S/C27H30N6O5S/c1-4-32-14-17(13-28-32)23-22(25(35)38-5-2)21(29-26(36)31-23)15-39-27-30-20(24(34)33(27)18-8-9-18)12-16-6-10-19(37-3)11-7-16/h6-7,10-14,18,23H,4-5,8-9,15H2,1-3H3,(H2,29,31,36)/b20-12+. The van der Waals surface area contributed by atoms with Crippen LogP contribution in [0.5, 0.6) is 5.75 Å². The van der Waals surface area contributed by atoms with E-state index in [4.69, 9.17) is 9.47 Å². The molecule has 1 aliphatic carbocycles. The monoisotopic (exact) mass is 550 g/mol. The molecular weight excluding hydrogens is 520 g/mol. The summed E-state index contributed by atoms with van der Waals surface area (Å²) in [5, 5.41) is 10.4. The number of amidine groups is 1. The van der Waals surface area contributed by atoms with Crippen molar-refractivity contribution in [1.29, 1.82) is 0 Å². The number of carbonyl (C=O) groups excluding carboxylic acids is 3. The molecule has 3 aliphatic rings. The first kappa shape index (κ1) is 26.5. The number of hydrogen-bond acceptors (Lipinski definition) is 8. The number of aliphatic imine (C=N–C) groups is 1. The van der Waals surface area contributed by atoms with Crippen LogP contribution in [0.25, 0.3) is 6.08 Å². The summed E-state index contributed by atoms with van der Waals surface area (Å²) in [6.45, 7) is 4.52. The molecule has 39 heavy (non-hydrogen) atoms. The molecule has 1 aromatic heterocycles. The lowest BCUT2D eigenvalue weighted by atomic mass is 9.98. The van der Waals surface area contributed by atoms with Crippen LogP contribution < -0.4 is 15.4 Å². The van der Waals surface area contributed by atoms with E-state index in [2.05, 4.69) is 20.7 Å². The van der Waals surface area contributed by atoms with Gasteiger partial charge in [-0.15, -0.1) is 0 Å². The first-order valence-corrected chi connectivity index (χ1v) is 13.8. The molecule has 1 unspecified atom stereocenters. The van der Waals surface area contributed by atoms with Gasteiger partial charge in [0.05, 0.1) is 31.5 Å². The van der Waals surface area contributed by atoms with Crippen molar-refractivity contribution in [3.8, 4) is 5.75 Å². The summed E-state index contributed by atoms with van der Waals surface area (Å²) in [6.07, 6.45) is 6.99. The van der Waals surface area contributed by atoms with Gasteiger partial charge < -0.3 is 20.1 Å². The zero-order chi connectivity index (χ0) is 27.5. The molecule has 3 heterocycles. The summed E-state index contributed by atoms with van der Waals surface area (Å²) in [6, 6.07) is 6.33. The first-order valence-electron chi connectivity index (χ1n) is 12.8. The van der Waals surface area contributed by atoms with E-state index in [1.807, 2.05) is 31.2 Å². The average Bonchev–Trinajstić information content (AvgIpc) is 3.56. The fourth-order valence-corrected chi connectivity index (χ4v) is 5.43. The number of amides is 3. The Kier molecular flexibility index (Phi) is 7.73. The Morgan fingerprint density at radius 2 is 1.97 bits per heavy atom. The largest absolute Gasteiger partial charge is 0.497 e. The van der Waals surface area contributed by atoms with Gasteiger partial charge in [-0.3, -0.25) is 14.4 Å². The van der Waals surface area contributed by atoms with Crippen LogP contribution in [-0.2, 0) is 20.9 Å². The molecule has 0 saturated heterocycles. The van der Waals surface area contributed by atoms with Crippen LogP contribution in [0, 0.1) is 0 Å². The fourth-order valence-electron chi connectivity index (χ4n) is 4.39. The van der Waals surface area contributed by atoms with Crippen molar-refractivity contribution in [2.75, 3.05) is 19.5 Å². The quantitative estimate of drug-likeness (QED) is 0.363. The van der Waals surface area contributed by atoms with Gasteiger partial charge in [0, 0.05) is 35.8 Å². The number of aryl methyl sites for hydroxylation is 1. The lowest BCUT2D eigenvalue weighted by Crippen LogP contribution is -2.46. The molecule has 12 heteroatoms. The molecule has 3 amide bonds. The maximum Gasteiger partial charge on any atom is 0.338 e. The molecule has 11 nitrogen and oxygen atoms in total. The van der Waals surface area contributed by atoms with Gasteiger partial charge in [0.25, 0.3) is 5.91 Å². The summed E-state index contributed by atoms with van der Waals surface area (Å²) >= 11 is 1.30. The van der Waals surface area contributed by atoms with Gasteiger partial charge in [0.1, 0.15) is 11.4 Å². The molecule has 0 spiro atoms. The van der Waals surface area contributed by atoms with Gasteiger partial charge in [-0.25, -0.2) is 14.6 Å². The molecule has 1 atom stereocenters. The third kappa shape index (κ3) is 5.70. The van der Waals surface area contributed by atoms with E-state index in [9.17, 15) is 14.4 Å². The number of urea groups is 1. The van der Waals surface area contributed by atoms with Gasteiger partial charge in [-0.1, -0.05) is 23.9 Å². The Morgan fingerprint density at radius 1 is 1.21 bits per heavy atom. The summed E-state index contributed by atoms with van der Waals surface area (Å²) in [5.41, 5.74) is 2.56. The van der Waals surface area contributed by atoms with Crippen molar-refractivity contribution in [3.05, 3.63) is 64.8 Å².